The molecule has 4 aromatic carbocycles. The third-order valence-corrected chi connectivity index (χ3v) is 16.7. The van der Waals surface area contributed by atoms with Crippen molar-refractivity contribution in [2.24, 2.45) is 13.0 Å². The number of fused-ring (bicyclic) bond motifs is 3. The predicted molar refractivity (Wildman–Crippen MR) is 298 cm³/mol. The summed E-state index contributed by atoms with van der Waals surface area (Å²) in [6, 6.07) is 30.0. The molecule has 3 amide bonds. The zero-order chi connectivity index (χ0) is 52.7. The van der Waals surface area contributed by atoms with Gasteiger partial charge in [-0.2, -0.15) is 5.10 Å². The van der Waals surface area contributed by atoms with Gasteiger partial charge in [0.25, 0.3) is 5.91 Å². The summed E-state index contributed by atoms with van der Waals surface area (Å²) in [6.45, 7) is 13.7. The van der Waals surface area contributed by atoms with Crippen molar-refractivity contribution in [3.8, 4) is 16.9 Å². The number of aryl methyl sites for hydroxylation is 1. The number of nitrogens with one attached hydrogen (secondary N) is 2. The highest BCUT2D eigenvalue weighted by Crippen LogP contribution is 2.39. The SMILES string of the molecule is Cc1c(O[C@H]2CC[C@H](CCCN3CCN(c4cccc5c(C6CCC(=O)NC6=O)nn(C)c45)CC3)CC2)cccc1-c1ccc(N2CCc3cccc(C(=O)Nc4nc5ccccc5s4)c3C2)nc1C(=O)OC(C)(C)C. The standard InChI is InChI=1S/C60H67N9O6S/c1-37-41(42-25-27-51(62-54(42)58(73)75-60(2,3)4)69-31-29-39-13-8-15-43(46(39)36-69)56(71)64-59-61-47-17-6-7-20-50(47)76-59)14-10-19-49(37)74-40-23-21-38(22-24-40)12-11-30-67-32-34-68(35-33-67)48-18-9-16-44-53(65-66(5)55(44)48)45-26-28-52(70)63-57(45)72/h6-10,13-20,25,27,38,40,45H,11-12,21-24,26,28-36H2,1-5H3,(H,61,64,71)(H,63,70,72)/t38-,40-,45?. The summed E-state index contributed by atoms with van der Waals surface area (Å²) in [4.78, 5) is 69.4. The van der Waals surface area contributed by atoms with Crippen molar-refractivity contribution in [1.82, 2.24) is 30.0 Å². The van der Waals surface area contributed by atoms with Crippen LogP contribution in [-0.4, -0.2) is 99.3 Å². The number of hydrogen-bond acceptors (Lipinski definition) is 13. The topological polar surface area (TPSA) is 164 Å². The van der Waals surface area contributed by atoms with Crippen molar-refractivity contribution < 1.29 is 28.7 Å². The lowest BCUT2D eigenvalue weighted by Crippen LogP contribution is -2.46. The number of imide groups is 1. The highest BCUT2D eigenvalue weighted by Gasteiger charge is 2.34. The van der Waals surface area contributed by atoms with Crippen LogP contribution in [0.2, 0.25) is 0 Å². The molecule has 1 unspecified atom stereocenters. The number of esters is 1. The van der Waals surface area contributed by atoms with Crippen molar-refractivity contribution in [3.05, 3.63) is 125 Å². The number of aromatic nitrogens is 4. The Hall–Kier alpha value is -7.17. The Morgan fingerprint density at radius 1 is 0.816 bits per heavy atom. The second-order valence-electron chi connectivity index (χ2n) is 22.0. The van der Waals surface area contributed by atoms with Gasteiger partial charge in [0, 0.05) is 69.3 Å². The first-order valence-electron chi connectivity index (χ1n) is 27.0. The summed E-state index contributed by atoms with van der Waals surface area (Å²) >= 11 is 1.45. The van der Waals surface area contributed by atoms with Crippen LogP contribution >= 0.6 is 11.3 Å². The first-order valence-corrected chi connectivity index (χ1v) is 27.8. The fourth-order valence-corrected chi connectivity index (χ4v) is 12.6. The molecule has 0 bridgehead atoms. The van der Waals surface area contributed by atoms with Crippen LogP contribution in [0.25, 0.3) is 32.2 Å². The summed E-state index contributed by atoms with van der Waals surface area (Å²) in [5.74, 6) is 0.544. The number of rotatable bonds is 13. The fraction of sp³-hybridized carbons (Fsp3) is 0.417. The van der Waals surface area contributed by atoms with Gasteiger partial charge in [0.15, 0.2) is 10.8 Å². The molecule has 3 fully saturated rings. The number of nitrogens with zero attached hydrogens (tertiary/aromatic N) is 7. The van der Waals surface area contributed by atoms with Gasteiger partial charge in [-0.25, -0.2) is 14.8 Å². The second kappa shape index (κ2) is 21.5. The van der Waals surface area contributed by atoms with E-state index in [-0.39, 0.29) is 29.5 Å². The number of thiazole rings is 1. The first-order chi connectivity index (χ1) is 36.7. The minimum atomic E-state index is -0.733. The van der Waals surface area contributed by atoms with Gasteiger partial charge in [0.05, 0.1) is 39.1 Å². The molecular formula is C60H67N9O6S. The van der Waals surface area contributed by atoms with E-state index in [1.54, 1.807) is 0 Å². The summed E-state index contributed by atoms with van der Waals surface area (Å²) < 4.78 is 15.7. The van der Waals surface area contributed by atoms with Crippen LogP contribution in [0.4, 0.5) is 16.6 Å². The van der Waals surface area contributed by atoms with Gasteiger partial charge in [-0.15, -0.1) is 0 Å². The summed E-state index contributed by atoms with van der Waals surface area (Å²) in [5.41, 5.74) is 8.44. The molecule has 3 aromatic heterocycles. The van der Waals surface area contributed by atoms with E-state index in [0.29, 0.717) is 60.3 Å². The molecule has 2 N–H and O–H groups in total. The summed E-state index contributed by atoms with van der Waals surface area (Å²) in [7, 11) is 1.95. The van der Waals surface area contributed by atoms with Gasteiger partial charge in [0.1, 0.15) is 17.2 Å². The Morgan fingerprint density at radius 3 is 2.39 bits per heavy atom. The van der Waals surface area contributed by atoms with E-state index in [1.807, 2.05) is 105 Å². The number of anilines is 3. The van der Waals surface area contributed by atoms with E-state index in [1.165, 1.54) is 24.2 Å². The highest BCUT2D eigenvalue weighted by molar-refractivity contribution is 7.22. The minimum absolute atomic E-state index is 0.114. The number of para-hydroxylation sites is 2. The molecule has 1 aliphatic carbocycles. The average Bonchev–Trinajstić information content (AvgIpc) is 4.02. The first kappa shape index (κ1) is 51.0. The van der Waals surface area contributed by atoms with Gasteiger partial charge in [-0.05, 0) is 156 Å². The number of carbonyl (C=O) groups excluding carboxylic acids is 4. The third kappa shape index (κ3) is 10.8. The van der Waals surface area contributed by atoms with Crippen LogP contribution in [0.3, 0.4) is 0 Å². The van der Waals surface area contributed by atoms with Crippen molar-refractivity contribution in [2.75, 3.05) is 54.4 Å². The Morgan fingerprint density at radius 2 is 1.61 bits per heavy atom. The average molecular weight is 1040 g/mol. The lowest BCUT2D eigenvalue weighted by molar-refractivity contribution is -0.134. The maximum Gasteiger partial charge on any atom is 0.358 e. The quantitative estimate of drug-likeness (QED) is 0.0831. The molecule has 7 aromatic rings. The molecule has 6 heterocycles. The Kier molecular flexibility index (Phi) is 14.4. The lowest BCUT2D eigenvalue weighted by Gasteiger charge is -2.37. The van der Waals surface area contributed by atoms with Crippen molar-refractivity contribution in [1.29, 1.82) is 0 Å². The van der Waals surface area contributed by atoms with Gasteiger partial charge in [-0.3, -0.25) is 34.6 Å². The molecule has 16 heteroatoms. The normalized spacial score (nSPS) is 19.4. The molecule has 4 aliphatic rings. The predicted octanol–water partition coefficient (Wildman–Crippen LogP) is 10.4. The van der Waals surface area contributed by atoms with E-state index in [4.69, 9.17) is 19.6 Å². The smallest absolute Gasteiger partial charge is 0.358 e. The van der Waals surface area contributed by atoms with Crippen molar-refractivity contribution in [2.45, 2.75) is 110 Å². The molecule has 11 rings (SSSR count). The number of pyridine rings is 1. The van der Waals surface area contributed by atoms with Crippen LogP contribution in [0.5, 0.6) is 5.75 Å². The van der Waals surface area contributed by atoms with Gasteiger partial charge < -0.3 is 19.3 Å². The van der Waals surface area contributed by atoms with Gasteiger partial charge in [-0.1, -0.05) is 59.9 Å². The number of carbonyl (C=O) groups is 4. The van der Waals surface area contributed by atoms with Crippen LogP contribution in [-0.2, 0) is 34.3 Å². The monoisotopic (exact) mass is 1040 g/mol. The van der Waals surface area contributed by atoms with Gasteiger partial charge in [0.2, 0.25) is 11.8 Å². The highest BCUT2D eigenvalue weighted by atomic mass is 32.1. The number of amides is 3. The minimum Gasteiger partial charge on any atom is -0.490 e. The van der Waals surface area contributed by atoms with E-state index >= 15 is 0 Å². The molecular weight excluding hydrogens is 975 g/mol. The Labute approximate surface area is 448 Å². The number of piperazine rings is 1. The lowest BCUT2D eigenvalue weighted by atomic mass is 9.84. The van der Waals surface area contributed by atoms with Crippen molar-refractivity contribution >= 4 is 72.8 Å². The molecule has 3 aliphatic heterocycles. The molecule has 2 saturated heterocycles. The Balaban J connectivity index is 0.700. The Bertz CT molecular complexity index is 3310. The van der Waals surface area contributed by atoms with Gasteiger partial charge >= 0.3 is 5.97 Å². The number of piperidine rings is 1. The number of ether oxygens (including phenoxy) is 2. The van der Waals surface area contributed by atoms with E-state index < -0.39 is 17.5 Å². The number of hydrogen-bond donors (Lipinski definition) is 2. The fourth-order valence-electron chi connectivity index (χ4n) is 11.8. The molecule has 0 spiro atoms. The van der Waals surface area contributed by atoms with Crippen LogP contribution in [0.1, 0.15) is 121 Å². The molecule has 0 radical (unpaired) electrons. The third-order valence-electron chi connectivity index (χ3n) is 15.7. The largest absolute Gasteiger partial charge is 0.490 e. The zero-order valence-corrected chi connectivity index (χ0v) is 45.0. The number of benzene rings is 4. The molecule has 394 valence electrons. The maximum absolute atomic E-state index is 14.1. The van der Waals surface area contributed by atoms with E-state index in [2.05, 4.69) is 55.4 Å². The van der Waals surface area contributed by atoms with Crippen LogP contribution in [0.15, 0.2) is 91.0 Å². The van der Waals surface area contributed by atoms with E-state index in [9.17, 15) is 19.2 Å². The van der Waals surface area contributed by atoms with E-state index in [0.717, 1.165) is 119 Å². The maximum atomic E-state index is 14.1. The second-order valence-corrected chi connectivity index (χ2v) is 23.0. The zero-order valence-electron chi connectivity index (χ0n) is 44.2. The summed E-state index contributed by atoms with van der Waals surface area (Å²) in [5, 5.41) is 11.9. The van der Waals surface area contributed by atoms with Crippen molar-refractivity contribution in [3.63, 3.8) is 0 Å². The molecule has 76 heavy (non-hydrogen) atoms. The molecule has 1 saturated carbocycles. The molecule has 15 nitrogen and oxygen atoms in total. The van der Waals surface area contributed by atoms with Crippen LogP contribution < -0.4 is 25.2 Å². The summed E-state index contributed by atoms with van der Waals surface area (Å²) in [6.07, 6.45) is 8.30. The van der Waals surface area contributed by atoms with Crippen LogP contribution in [0, 0.1) is 12.8 Å². The molecule has 1 atom stereocenters.